The minimum atomic E-state index is -0.841. The summed E-state index contributed by atoms with van der Waals surface area (Å²) in [5, 5.41) is 11.9. The summed E-state index contributed by atoms with van der Waals surface area (Å²) in [6.07, 6.45) is 2.93. The van der Waals surface area contributed by atoms with E-state index in [4.69, 9.17) is 9.15 Å². The lowest BCUT2D eigenvalue weighted by Gasteiger charge is -2.21. The second kappa shape index (κ2) is 7.44. The van der Waals surface area contributed by atoms with Crippen LogP contribution in [-0.2, 0) is 20.9 Å². The highest BCUT2D eigenvalue weighted by atomic mass is 16.5. The van der Waals surface area contributed by atoms with E-state index >= 15 is 0 Å². The highest BCUT2D eigenvalue weighted by Crippen LogP contribution is 2.28. The molecule has 26 heavy (non-hydrogen) atoms. The van der Waals surface area contributed by atoms with Crippen LogP contribution in [-0.4, -0.2) is 28.6 Å². The number of nitriles is 1. The fourth-order valence-corrected chi connectivity index (χ4v) is 3.19. The second-order valence-corrected chi connectivity index (χ2v) is 6.35. The monoisotopic (exact) mass is 357 g/mol. The molecule has 3 rings (SSSR count). The Morgan fingerprint density at radius 2 is 2.04 bits per heavy atom. The van der Waals surface area contributed by atoms with Crippen molar-refractivity contribution in [2.75, 3.05) is 6.61 Å². The predicted molar refractivity (Wildman–Crippen MR) is 91.0 cm³/mol. The molecular formula is C18H19N3O5. The number of hydrogen-bond acceptors (Lipinski definition) is 6. The van der Waals surface area contributed by atoms with Gasteiger partial charge in [-0.2, -0.15) is 5.26 Å². The lowest BCUT2D eigenvalue weighted by Crippen LogP contribution is -2.46. The van der Waals surface area contributed by atoms with Crippen LogP contribution in [0.3, 0.4) is 0 Å². The quantitative estimate of drug-likeness (QED) is 0.783. The smallest absolute Gasteiger partial charge is 0.419 e. The number of esters is 1. The van der Waals surface area contributed by atoms with Gasteiger partial charge in [-0.15, -0.1) is 0 Å². The van der Waals surface area contributed by atoms with Crippen molar-refractivity contribution in [3.63, 3.8) is 0 Å². The average Bonchev–Trinajstić information content (AvgIpc) is 3.22. The van der Waals surface area contributed by atoms with Crippen molar-refractivity contribution in [3.05, 3.63) is 34.8 Å². The van der Waals surface area contributed by atoms with Crippen LogP contribution in [0.4, 0.5) is 0 Å². The van der Waals surface area contributed by atoms with Crippen LogP contribution in [0, 0.1) is 11.3 Å². The van der Waals surface area contributed by atoms with Crippen LogP contribution in [0.1, 0.15) is 32.1 Å². The van der Waals surface area contributed by atoms with E-state index in [1.807, 2.05) is 0 Å². The molecule has 1 amide bonds. The number of hydrogen-bond donors (Lipinski definition) is 1. The van der Waals surface area contributed by atoms with Gasteiger partial charge in [0.15, 0.2) is 12.2 Å². The fourth-order valence-electron chi connectivity index (χ4n) is 3.19. The van der Waals surface area contributed by atoms with Crippen LogP contribution in [0.25, 0.3) is 11.1 Å². The molecule has 1 N–H and O–H groups in total. The van der Waals surface area contributed by atoms with Crippen LogP contribution in [0.5, 0.6) is 0 Å². The van der Waals surface area contributed by atoms with Crippen LogP contribution < -0.4 is 11.1 Å². The fraction of sp³-hybridized carbons (Fsp3) is 0.444. The lowest BCUT2D eigenvalue weighted by molar-refractivity contribution is -0.149. The van der Waals surface area contributed by atoms with Gasteiger partial charge in [0.05, 0.1) is 18.0 Å². The SMILES string of the molecule is N#CC1(NC(=O)COC(=O)CCn2c(=O)oc3ccccc32)CCCC1. The molecule has 0 unspecified atom stereocenters. The molecule has 0 aliphatic heterocycles. The summed E-state index contributed by atoms with van der Waals surface area (Å²) in [6.45, 7) is -0.346. The number of nitrogens with zero attached hydrogens (tertiary/aromatic N) is 2. The van der Waals surface area contributed by atoms with Crippen molar-refractivity contribution in [1.82, 2.24) is 9.88 Å². The van der Waals surface area contributed by atoms with E-state index in [1.165, 1.54) is 4.57 Å². The first-order valence-corrected chi connectivity index (χ1v) is 8.49. The third-order valence-electron chi connectivity index (χ3n) is 4.53. The Hall–Kier alpha value is -3.08. The molecule has 8 nitrogen and oxygen atoms in total. The van der Waals surface area contributed by atoms with Crippen LogP contribution in [0.15, 0.2) is 33.5 Å². The number of fused-ring (bicyclic) bond motifs is 1. The summed E-state index contributed by atoms with van der Waals surface area (Å²) >= 11 is 0. The standard InChI is InChI=1S/C18H19N3O5/c19-12-18(8-3-4-9-18)20-15(22)11-25-16(23)7-10-21-13-5-1-2-6-14(13)26-17(21)24/h1-2,5-6H,3-4,7-11H2,(H,20,22). The highest BCUT2D eigenvalue weighted by molar-refractivity contribution is 5.81. The molecule has 0 saturated heterocycles. The third-order valence-corrected chi connectivity index (χ3v) is 4.53. The number of benzene rings is 1. The number of carbonyl (C=O) groups is 2. The van der Waals surface area contributed by atoms with Crippen LogP contribution >= 0.6 is 0 Å². The van der Waals surface area contributed by atoms with E-state index in [0.717, 1.165) is 12.8 Å². The van der Waals surface area contributed by atoms with Crippen LogP contribution in [0.2, 0.25) is 0 Å². The van der Waals surface area contributed by atoms with Crippen molar-refractivity contribution in [2.24, 2.45) is 0 Å². The number of oxazole rings is 1. The van der Waals surface area contributed by atoms with Gasteiger partial charge in [0.2, 0.25) is 0 Å². The topological polar surface area (TPSA) is 114 Å². The molecule has 136 valence electrons. The Morgan fingerprint density at radius 3 is 2.77 bits per heavy atom. The van der Waals surface area contributed by atoms with Crippen molar-refractivity contribution < 1.29 is 18.7 Å². The summed E-state index contributed by atoms with van der Waals surface area (Å²) in [6, 6.07) is 9.06. The van der Waals surface area contributed by atoms with Gasteiger partial charge in [-0.3, -0.25) is 14.2 Å². The van der Waals surface area contributed by atoms with Crippen molar-refractivity contribution >= 4 is 23.0 Å². The van der Waals surface area contributed by atoms with E-state index in [0.29, 0.717) is 23.9 Å². The molecule has 8 heteroatoms. The van der Waals surface area contributed by atoms with Crippen molar-refractivity contribution in [3.8, 4) is 6.07 Å². The summed E-state index contributed by atoms with van der Waals surface area (Å²) in [4.78, 5) is 35.6. The van der Waals surface area contributed by atoms with Gasteiger partial charge in [-0.25, -0.2) is 4.79 Å². The normalized spacial score (nSPS) is 15.5. The lowest BCUT2D eigenvalue weighted by atomic mass is 10.00. The van der Waals surface area contributed by atoms with Gasteiger partial charge < -0.3 is 14.5 Å². The molecule has 1 aliphatic carbocycles. The number of aryl methyl sites for hydroxylation is 1. The molecule has 0 atom stereocenters. The second-order valence-electron chi connectivity index (χ2n) is 6.35. The first-order chi connectivity index (χ1) is 12.5. The zero-order valence-electron chi connectivity index (χ0n) is 14.2. The van der Waals surface area contributed by atoms with Crippen molar-refractivity contribution in [1.29, 1.82) is 5.26 Å². The molecule has 1 aromatic heterocycles. The Morgan fingerprint density at radius 1 is 1.31 bits per heavy atom. The van der Waals surface area contributed by atoms with Gasteiger partial charge >= 0.3 is 11.7 Å². The molecular weight excluding hydrogens is 338 g/mol. The van der Waals surface area contributed by atoms with E-state index in [2.05, 4.69) is 11.4 Å². The Bertz CT molecular complexity index is 915. The molecule has 0 radical (unpaired) electrons. The summed E-state index contributed by atoms with van der Waals surface area (Å²) in [5.74, 6) is -1.64. The molecule has 0 spiro atoms. The maximum atomic E-state index is 11.9. The molecule has 1 heterocycles. The summed E-state index contributed by atoms with van der Waals surface area (Å²) in [5.41, 5.74) is 0.204. The Kier molecular flexibility index (Phi) is 5.07. The zero-order valence-corrected chi connectivity index (χ0v) is 14.2. The van der Waals surface area contributed by atoms with Gasteiger partial charge in [-0.05, 0) is 37.8 Å². The van der Waals surface area contributed by atoms with Crippen molar-refractivity contribution in [2.45, 2.75) is 44.2 Å². The third kappa shape index (κ3) is 3.77. The first kappa shape index (κ1) is 17.7. The Labute approximate surface area is 149 Å². The molecule has 1 aromatic carbocycles. The number of ether oxygens (including phenoxy) is 1. The molecule has 1 fully saturated rings. The van der Waals surface area contributed by atoms with Gasteiger partial charge in [0.25, 0.3) is 5.91 Å². The van der Waals surface area contributed by atoms with Gasteiger partial charge in [0.1, 0.15) is 5.54 Å². The number of aromatic nitrogens is 1. The maximum Gasteiger partial charge on any atom is 0.419 e. The number of nitrogens with one attached hydrogen (secondary N) is 1. The number of amides is 1. The summed E-state index contributed by atoms with van der Waals surface area (Å²) in [7, 11) is 0. The van der Waals surface area contributed by atoms with E-state index < -0.39 is 29.8 Å². The largest absolute Gasteiger partial charge is 0.456 e. The molecule has 0 bridgehead atoms. The minimum Gasteiger partial charge on any atom is -0.456 e. The molecule has 1 saturated carbocycles. The predicted octanol–water partition coefficient (Wildman–Crippen LogP) is 1.48. The van der Waals surface area contributed by atoms with Gasteiger partial charge in [0, 0.05) is 6.54 Å². The van der Waals surface area contributed by atoms with E-state index in [9.17, 15) is 19.6 Å². The molecule has 1 aliphatic rings. The number of rotatable bonds is 6. The summed E-state index contributed by atoms with van der Waals surface area (Å²) < 4.78 is 11.4. The molecule has 2 aromatic rings. The number of para-hydroxylation sites is 2. The minimum absolute atomic E-state index is 0.0693. The zero-order chi connectivity index (χ0) is 18.6. The average molecular weight is 357 g/mol. The highest BCUT2D eigenvalue weighted by Gasteiger charge is 2.35. The van der Waals surface area contributed by atoms with E-state index in [-0.39, 0.29) is 13.0 Å². The Balaban J connectivity index is 1.50. The van der Waals surface area contributed by atoms with Gasteiger partial charge in [-0.1, -0.05) is 12.1 Å². The number of carbonyl (C=O) groups excluding carboxylic acids is 2. The first-order valence-electron chi connectivity index (χ1n) is 8.49. The maximum absolute atomic E-state index is 11.9. The van der Waals surface area contributed by atoms with E-state index in [1.54, 1.807) is 24.3 Å².